The fourth-order valence-corrected chi connectivity index (χ4v) is 3.10. The molecule has 0 unspecified atom stereocenters. The first kappa shape index (κ1) is 23.3. The lowest BCUT2D eigenvalue weighted by molar-refractivity contribution is -0.142. The summed E-state index contributed by atoms with van der Waals surface area (Å²) < 4.78 is 11.0. The van der Waals surface area contributed by atoms with E-state index in [1.807, 2.05) is 70.2 Å². The first-order valence-electron chi connectivity index (χ1n) is 10.1. The molecule has 30 heavy (non-hydrogen) atoms. The van der Waals surface area contributed by atoms with Crippen LogP contribution in [0.1, 0.15) is 37.5 Å². The van der Waals surface area contributed by atoms with Crippen LogP contribution in [0.15, 0.2) is 42.5 Å². The molecule has 0 heterocycles. The van der Waals surface area contributed by atoms with Gasteiger partial charge in [0.15, 0.2) is 6.61 Å². The highest BCUT2D eigenvalue weighted by Crippen LogP contribution is 2.20. The number of rotatable bonds is 9. The summed E-state index contributed by atoms with van der Waals surface area (Å²) in [5.74, 6) is 0.952. The molecule has 2 amide bonds. The minimum Gasteiger partial charge on any atom is -0.497 e. The third-order valence-electron chi connectivity index (χ3n) is 4.79. The lowest BCUT2D eigenvalue weighted by Gasteiger charge is -2.29. The van der Waals surface area contributed by atoms with Crippen molar-refractivity contribution in [2.24, 2.45) is 0 Å². The molecule has 6 heteroatoms. The molecule has 0 aliphatic rings. The number of aryl methyl sites for hydroxylation is 2. The van der Waals surface area contributed by atoms with Crippen molar-refractivity contribution < 1.29 is 19.1 Å². The Hall–Kier alpha value is -3.02. The molecular formula is C24H32N2O4. The van der Waals surface area contributed by atoms with E-state index in [0.717, 1.165) is 22.4 Å². The van der Waals surface area contributed by atoms with Crippen LogP contribution in [0, 0.1) is 13.8 Å². The summed E-state index contributed by atoms with van der Waals surface area (Å²) in [6.45, 7) is 9.63. The summed E-state index contributed by atoms with van der Waals surface area (Å²) >= 11 is 0. The number of nitrogens with one attached hydrogen (secondary N) is 1. The Labute approximate surface area is 179 Å². The van der Waals surface area contributed by atoms with Crippen molar-refractivity contribution in [3.8, 4) is 11.5 Å². The van der Waals surface area contributed by atoms with Crippen LogP contribution >= 0.6 is 0 Å². The highest BCUT2D eigenvalue weighted by Gasteiger charge is 2.27. The molecular weight excluding hydrogens is 380 g/mol. The van der Waals surface area contributed by atoms with Crippen molar-refractivity contribution in [2.75, 3.05) is 13.7 Å². The Balaban J connectivity index is 2.17. The molecule has 0 radical (unpaired) electrons. The summed E-state index contributed by atoms with van der Waals surface area (Å²) in [6, 6.07) is 12.6. The van der Waals surface area contributed by atoms with Crippen molar-refractivity contribution >= 4 is 11.8 Å². The third kappa shape index (κ3) is 6.51. The number of carbonyl (C=O) groups is 2. The van der Waals surface area contributed by atoms with E-state index in [1.54, 1.807) is 18.9 Å². The number of benzene rings is 2. The topological polar surface area (TPSA) is 67.9 Å². The van der Waals surface area contributed by atoms with E-state index in [4.69, 9.17) is 9.47 Å². The van der Waals surface area contributed by atoms with Crippen LogP contribution in [0.3, 0.4) is 0 Å². The van der Waals surface area contributed by atoms with Gasteiger partial charge in [0.2, 0.25) is 5.91 Å². The number of ether oxygens (including phenoxy) is 2. The van der Waals surface area contributed by atoms with Crippen LogP contribution in [0.5, 0.6) is 11.5 Å². The average Bonchev–Trinajstić information content (AvgIpc) is 2.70. The molecule has 0 saturated heterocycles. The van der Waals surface area contributed by atoms with E-state index in [1.165, 1.54) is 0 Å². The smallest absolute Gasteiger partial charge is 0.261 e. The molecule has 0 aliphatic heterocycles. The summed E-state index contributed by atoms with van der Waals surface area (Å²) in [5, 5.41) is 2.88. The first-order chi connectivity index (χ1) is 14.2. The summed E-state index contributed by atoms with van der Waals surface area (Å²) in [5.41, 5.74) is 3.00. The van der Waals surface area contributed by atoms with Gasteiger partial charge in [0.25, 0.3) is 5.91 Å². The molecule has 0 aromatic heterocycles. The molecule has 0 saturated carbocycles. The number of amides is 2. The van der Waals surface area contributed by atoms with Crippen molar-refractivity contribution in [3.63, 3.8) is 0 Å². The molecule has 2 rings (SSSR count). The summed E-state index contributed by atoms with van der Waals surface area (Å²) in [4.78, 5) is 27.2. The number of carbonyl (C=O) groups excluding carboxylic acids is 2. The van der Waals surface area contributed by atoms with Crippen LogP contribution in [0.25, 0.3) is 0 Å². The summed E-state index contributed by atoms with van der Waals surface area (Å²) in [7, 11) is 1.60. The Kier molecular flexibility index (Phi) is 8.27. The van der Waals surface area contributed by atoms with Crippen LogP contribution < -0.4 is 14.8 Å². The molecule has 1 atom stereocenters. The van der Waals surface area contributed by atoms with Gasteiger partial charge in [0.1, 0.15) is 17.5 Å². The van der Waals surface area contributed by atoms with E-state index >= 15 is 0 Å². The Morgan fingerprint density at radius 3 is 2.27 bits per heavy atom. The maximum atomic E-state index is 13.1. The lowest BCUT2D eigenvalue weighted by Crippen LogP contribution is -2.50. The molecule has 1 N–H and O–H groups in total. The van der Waals surface area contributed by atoms with Gasteiger partial charge in [0, 0.05) is 12.6 Å². The zero-order valence-electron chi connectivity index (χ0n) is 18.7. The predicted molar refractivity (Wildman–Crippen MR) is 118 cm³/mol. The van der Waals surface area contributed by atoms with Gasteiger partial charge in [-0.3, -0.25) is 9.59 Å². The van der Waals surface area contributed by atoms with Crippen LogP contribution in [0.4, 0.5) is 0 Å². The van der Waals surface area contributed by atoms with Crippen molar-refractivity contribution in [3.05, 3.63) is 59.2 Å². The minimum atomic E-state index is -0.635. The average molecular weight is 413 g/mol. The van der Waals surface area contributed by atoms with Crippen LogP contribution in [0.2, 0.25) is 0 Å². The molecule has 2 aromatic carbocycles. The van der Waals surface area contributed by atoms with Gasteiger partial charge in [-0.15, -0.1) is 0 Å². The van der Waals surface area contributed by atoms with E-state index in [-0.39, 0.29) is 24.5 Å². The van der Waals surface area contributed by atoms with Gasteiger partial charge >= 0.3 is 0 Å². The molecule has 0 aliphatic carbocycles. The second-order valence-corrected chi connectivity index (χ2v) is 7.77. The Morgan fingerprint density at radius 2 is 1.70 bits per heavy atom. The molecule has 0 fully saturated rings. The number of nitrogens with zero attached hydrogens (tertiary/aromatic N) is 1. The zero-order chi connectivity index (χ0) is 22.3. The molecule has 0 spiro atoms. The van der Waals surface area contributed by atoms with Gasteiger partial charge in [-0.05, 0) is 63.9 Å². The second-order valence-electron chi connectivity index (χ2n) is 7.77. The van der Waals surface area contributed by atoms with E-state index in [0.29, 0.717) is 12.3 Å². The zero-order valence-corrected chi connectivity index (χ0v) is 18.7. The fraction of sp³-hybridized carbons (Fsp3) is 0.417. The monoisotopic (exact) mass is 412 g/mol. The fourth-order valence-electron chi connectivity index (χ4n) is 3.10. The summed E-state index contributed by atoms with van der Waals surface area (Å²) in [6.07, 6.45) is 0. The number of methoxy groups -OCH3 is 1. The van der Waals surface area contributed by atoms with Crippen molar-refractivity contribution in [1.82, 2.24) is 10.2 Å². The van der Waals surface area contributed by atoms with Gasteiger partial charge in [0.05, 0.1) is 7.11 Å². The Bertz CT molecular complexity index is 862. The van der Waals surface area contributed by atoms with Gasteiger partial charge in [-0.25, -0.2) is 0 Å². The lowest BCUT2D eigenvalue weighted by atomic mass is 10.1. The number of hydrogen-bond acceptors (Lipinski definition) is 4. The highest BCUT2D eigenvalue weighted by molar-refractivity contribution is 5.88. The Morgan fingerprint density at radius 1 is 1.03 bits per heavy atom. The third-order valence-corrected chi connectivity index (χ3v) is 4.79. The normalized spacial score (nSPS) is 11.7. The van der Waals surface area contributed by atoms with Gasteiger partial charge in [-0.2, -0.15) is 0 Å². The van der Waals surface area contributed by atoms with Crippen LogP contribution in [-0.4, -0.2) is 42.5 Å². The second kappa shape index (κ2) is 10.7. The van der Waals surface area contributed by atoms with E-state index < -0.39 is 6.04 Å². The van der Waals surface area contributed by atoms with Gasteiger partial charge in [-0.1, -0.05) is 29.8 Å². The van der Waals surface area contributed by atoms with Crippen molar-refractivity contribution in [2.45, 2.75) is 53.2 Å². The first-order valence-corrected chi connectivity index (χ1v) is 10.1. The quantitative estimate of drug-likeness (QED) is 0.683. The molecule has 162 valence electrons. The standard InChI is InChI=1S/C24H32N2O4/c1-16(2)25-24(28)19(5)26(14-20-8-10-21(29-6)11-9-20)23(27)15-30-22-12-7-17(3)13-18(22)4/h7-13,16,19H,14-15H2,1-6H3,(H,25,28)/t19-/m0/s1. The molecule has 0 bridgehead atoms. The van der Waals surface area contributed by atoms with E-state index in [2.05, 4.69) is 5.32 Å². The SMILES string of the molecule is COc1ccc(CN(C(=O)COc2ccc(C)cc2C)[C@@H](C)C(=O)NC(C)C)cc1. The minimum absolute atomic E-state index is 0.00986. The maximum absolute atomic E-state index is 13.1. The van der Waals surface area contributed by atoms with E-state index in [9.17, 15) is 9.59 Å². The molecule has 2 aromatic rings. The predicted octanol–water partition coefficient (Wildman–Crippen LogP) is 3.63. The maximum Gasteiger partial charge on any atom is 0.261 e. The van der Waals surface area contributed by atoms with Crippen molar-refractivity contribution in [1.29, 1.82) is 0 Å². The molecule has 6 nitrogen and oxygen atoms in total. The number of hydrogen-bond donors (Lipinski definition) is 1. The van der Waals surface area contributed by atoms with Gasteiger partial charge < -0.3 is 19.7 Å². The largest absolute Gasteiger partial charge is 0.497 e. The van der Waals surface area contributed by atoms with Crippen LogP contribution in [-0.2, 0) is 16.1 Å². The highest BCUT2D eigenvalue weighted by atomic mass is 16.5.